The molecule has 0 bridgehead atoms. The summed E-state index contributed by atoms with van der Waals surface area (Å²) in [6.07, 6.45) is -0.394. The van der Waals surface area contributed by atoms with E-state index in [1.807, 2.05) is 12.1 Å². The molecule has 6 nitrogen and oxygen atoms in total. The second-order valence-electron chi connectivity index (χ2n) is 6.04. The normalized spacial score (nSPS) is 15.6. The van der Waals surface area contributed by atoms with E-state index in [-0.39, 0.29) is 11.1 Å². The summed E-state index contributed by atoms with van der Waals surface area (Å²) in [6.45, 7) is 6.25. The van der Waals surface area contributed by atoms with Gasteiger partial charge in [-0.2, -0.15) is 10.1 Å². The van der Waals surface area contributed by atoms with Gasteiger partial charge in [-0.25, -0.2) is 4.79 Å². The number of hydrogen-bond donors (Lipinski definition) is 0. The van der Waals surface area contributed by atoms with Crippen LogP contribution >= 0.6 is 0 Å². The van der Waals surface area contributed by atoms with Gasteiger partial charge in [-0.3, -0.25) is 9.59 Å². The van der Waals surface area contributed by atoms with E-state index in [9.17, 15) is 14.4 Å². The molecule has 0 saturated carbocycles. The average Bonchev–Trinajstić information content (AvgIpc) is 2.46. The van der Waals surface area contributed by atoms with Crippen molar-refractivity contribution in [2.24, 2.45) is 5.10 Å². The minimum atomic E-state index is -0.839. The van der Waals surface area contributed by atoms with Gasteiger partial charge in [0, 0.05) is 0 Å². The third-order valence-electron chi connectivity index (χ3n) is 3.37. The van der Waals surface area contributed by atoms with Gasteiger partial charge in [0.05, 0.1) is 19.2 Å². The lowest BCUT2D eigenvalue weighted by Crippen LogP contribution is -2.40. The number of methoxy groups -OCH3 is 1. The number of anilines is 1. The van der Waals surface area contributed by atoms with Gasteiger partial charge >= 0.3 is 5.97 Å². The number of Topliss-reactive ketones (excluding diaryl/α,β-unsaturated/α-hetero) is 1. The second kappa shape index (κ2) is 5.71. The Morgan fingerprint density at radius 2 is 1.77 bits per heavy atom. The highest BCUT2D eigenvalue weighted by atomic mass is 16.5. The third-order valence-corrected chi connectivity index (χ3v) is 3.37. The van der Waals surface area contributed by atoms with Crippen molar-refractivity contribution < 1.29 is 19.1 Å². The number of esters is 1. The third kappa shape index (κ3) is 3.05. The molecule has 0 atom stereocenters. The highest BCUT2D eigenvalue weighted by Gasteiger charge is 2.33. The quantitative estimate of drug-likeness (QED) is 0.617. The van der Waals surface area contributed by atoms with Crippen LogP contribution in [0.25, 0.3) is 0 Å². The molecule has 1 amide bonds. The molecule has 0 fully saturated rings. The van der Waals surface area contributed by atoms with Gasteiger partial charge in [0.25, 0.3) is 5.91 Å². The maximum atomic E-state index is 12.0. The van der Waals surface area contributed by atoms with Crippen LogP contribution in [0.1, 0.15) is 32.8 Å². The van der Waals surface area contributed by atoms with Gasteiger partial charge in [-0.1, -0.05) is 32.9 Å². The number of ketones is 1. The summed E-state index contributed by atoms with van der Waals surface area (Å²) in [5, 5.41) is 4.92. The number of ether oxygens (including phenoxy) is 1. The summed E-state index contributed by atoms with van der Waals surface area (Å²) >= 11 is 0. The van der Waals surface area contributed by atoms with Crippen molar-refractivity contribution in [3.05, 3.63) is 29.8 Å². The number of benzene rings is 1. The predicted octanol–water partition coefficient (Wildman–Crippen LogP) is 1.82. The van der Waals surface area contributed by atoms with Crippen LogP contribution in [0.5, 0.6) is 0 Å². The first-order valence-corrected chi connectivity index (χ1v) is 6.87. The molecular formula is C16H18N2O4. The topological polar surface area (TPSA) is 76.0 Å². The molecule has 116 valence electrons. The molecule has 6 heteroatoms. The number of amides is 1. The van der Waals surface area contributed by atoms with E-state index in [4.69, 9.17) is 0 Å². The van der Waals surface area contributed by atoms with Crippen molar-refractivity contribution in [3.8, 4) is 0 Å². The molecule has 1 aromatic rings. The zero-order valence-electron chi connectivity index (χ0n) is 13.0. The lowest BCUT2D eigenvalue weighted by atomic mass is 9.87. The van der Waals surface area contributed by atoms with Crippen LogP contribution in [0.15, 0.2) is 29.4 Å². The lowest BCUT2D eigenvalue weighted by Gasteiger charge is -2.23. The van der Waals surface area contributed by atoms with Gasteiger partial charge < -0.3 is 4.74 Å². The molecule has 1 aromatic carbocycles. The number of hydrogen-bond acceptors (Lipinski definition) is 5. The summed E-state index contributed by atoms with van der Waals surface area (Å²) in [4.78, 5) is 35.2. The summed E-state index contributed by atoms with van der Waals surface area (Å²) in [7, 11) is 1.16. The Balaban J connectivity index is 2.38. The molecule has 0 spiro atoms. The van der Waals surface area contributed by atoms with Crippen molar-refractivity contribution in [1.29, 1.82) is 0 Å². The van der Waals surface area contributed by atoms with Gasteiger partial charge in [0.1, 0.15) is 0 Å². The van der Waals surface area contributed by atoms with Crippen LogP contribution in [0.3, 0.4) is 0 Å². The molecule has 0 aromatic heterocycles. The van der Waals surface area contributed by atoms with Crippen LogP contribution < -0.4 is 5.01 Å². The van der Waals surface area contributed by atoms with E-state index in [0.717, 1.165) is 17.7 Å². The molecule has 1 aliphatic heterocycles. The minimum Gasteiger partial charge on any atom is -0.464 e. The number of rotatable bonds is 2. The van der Waals surface area contributed by atoms with Crippen LogP contribution in [-0.2, 0) is 24.5 Å². The maximum absolute atomic E-state index is 12.0. The molecule has 2 rings (SSSR count). The maximum Gasteiger partial charge on any atom is 0.362 e. The molecule has 22 heavy (non-hydrogen) atoms. The standard InChI is InChI=1S/C16H18N2O4/c1-16(2,3)10-5-7-11(8-6-10)18-13(20)9-12(19)14(17-18)15(21)22-4/h5-8H,9H2,1-4H3. The average molecular weight is 302 g/mol. The first kappa shape index (κ1) is 15.9. The number of nitrogens with zero attached hydrogens (tertiary/aromatic N) is 2. The summed E-state index contributed by atoms with van der Waals surface area (Å²) in [6, 6.07) is 7.28. The molecule has 0 N–H and O–H groups in total. The van der Waals surface area contributed by atoms with Crippen molar-refractivity contribution >= 4 is 29.1 Å². The Bertz CT molecular complexity index is 654. The van der Waals surface area contributed by atoms with E-state index in [2.05, 4.69) is 30.6 Å². The van der Waals surface area contributed by atoms with E-state index >= 15 is 0 Å². The number of carbonyl (C=O) groups is 3. The summed E-state index contributed by atoms with van der Waals surface area (Å²) < 4.78 is 4.51. The fourth-order valence-corrected chi connectivity index (χ4v) is 2.06. The second-order valence-corrected chi connectivity index (χ2v) is 6.04. The zero-order valence-corrected chi connectivity index (χ0v) is 13.0. The Morgan fingerprint density at radius 3 is 2.27 bits per heavy atom. The van der Waals surface area contributed by atoms with Crippen molar-refractivity contribution in [1.82, 2.24) is 0 Å². The number of carbonyl (C=O) groups excluding carboxylic acids is 3. The lowest BCUT2D eigenvalue weighted by molar-refractivity contribution is -0.134. The molecular weight excluding hydrogens is 284 g/mol. The largest absolute Gasteiger partial charge is 0.464 e. The first-order valence-electron chi connectivity index (χ1n) is 6.87. The monoisotopic (exact) mass is 302 g/mol. The van der Waals surface area contributed by atoms with Gasteiger partial charge in [0.15, 0.2) is 5.78 Å². The molecule has 0 radical (unpaired) electrons. The van der Waals surface area contributed by atoms with Crippen LogP contribution in [-0.4, -0.2) is 30.5 Å². The van der Waals surface area contributed by atoms with E-state index in [0.29, 0.717) is 5.69 Å². The number of hydrazone groups is 1. The molecule has 1 aliphatic rings. The van der Waals surface area contributed by atoms with Gasteiger partial charge in [0.2, 0.25) is 5.71 Å². The minimum absolute atomic E-state index is 0.0130. The van der Waals surface area contributed by atoms with E-state index < -0.39 is 24.1 Å². The molecule has 0 unspecified atom stereocenters. The highest BCUT2D eigenvalue weighted by Crippen LogP contribution is 2.26. The van der Waals surface area contributed by atoms with Crippen LogP contribution in [0.4, 0.5) is 5.69 Å². The fraction of sp³-hybridized carbons (Fsp3) is 0.375. The summed E-state index contributed by atoms with van der Waals surface area (Å²) in [5.74, 6) is -1.94. The van der Waals surface area contributed by atoms with Gasteiger partial charge in [-0.15, -0.1) is 0 Å². The van der Waals surface area contributed by atoms with Crippen molar-refractivity contribution in [2.45, 2.75) is 32.6 Å². The highest BCUT2D eigenvalue weighted by molar-refractivity contribution is 6.66. The van der Waals surface area contributed by atoms with Crippen LogP contribution in [0, 0.1) is 0 Å². The Labute approximate surface area is 128 Å². The zero-order chi connectivity index (χ0) is 16.5. The van der Waals surface area contributed by atoms with Crippen LogP contribution in [0.2, 0.25) is 0 Å². The van der Waals surface area contributed by atoms with Crippen molar-refractivity contribution in [2.75, 3.05) is 12.1 Å². The SMILES string of the molecule is COC(=O)C1=NN(c2ccc(C(C)(C)C)cc2)C(=O)CC1=O. The predicted molar refractivity (Wildman–Crippen MR) is 81.7 cm³/mol. The molecule has 0 aliphatic carbocycles. The Morgan fingerprint density at radius 1 is 1.18 bits per heavy atom. The van der Waals surface area contributed by atoms with Gasteiger partial charge in [-0.05, 0) is 23.1 Å². The van der Waals surface area contributed by atoms with Crippen molar-refractivity contribution in [3.63, 3.8) is 0 Å². The Kier molecular flexibility index (Phi) is 4.12. The van der Waals surface area contributed by atoms with E-state index in [1.54, 1.807) is 12.1 Å². The van der Waals surface area contributed by atoms with E-state index in [1.165, 1.54) is 0 Å². The smallest absolute Gasteiger partial charge is 0.362 e. The first-order chi connectivity index (χ1) is 10.2. The Hall–Kier alpha value is -2.50. The summed E-state index contributed by atoms with van der Waals surface area (Å²) in [5.41, 5.74) is 1.24. The fourth-order valence-electron chi connectivity index (χ4n) is 2.06. The molecule has 0 saturated heterocycles. The molecule has 1 heterocycles.